The summed E-state index contributed by atoms with van der Waals surface area (Å²) in [6.07, 6.45) is 0.928. The van der Waals surface area contributed by atoms with Gasteiger partial charge in [0, 0.05) is 18.2 Å². The van der Waals surface area contributed by atoms with Gasteiger partial charge in [-0.3, -0.25) is 4.79 Å². The molecule has 0 radical (unpaired) electrons. The van der Waals surface area contributed by atoms with Gasteiger partial charge in [0.2, 0.25) is 6.79 Å². The SMILES string of the molecule is CC(C)CCn1nc(-c2ccc3c(c2)OCO3)ccc1=O. The summed E-state index contributed by atoms with van der Waals surface area (Å²) in [4.78, 5) is 11.9. The van der Waals surface area contributed by atoms with Gasteiger partial charge in [-0.2, -0.15) is 5.10 Å². The van der Waals surface area contributed by atoms with Crippen molar-refractivity contribution in [3.05, 3.63) is 40.7 Å². The topological polar surface area (TPSA) is 53.4 Å². The normalized spacial score (nSPS) is 12.9. The molecule has 1 aliphatic rings. The number of aromatic nitrogens is 2. The van der Waals surface area contributed by atoms with Crippen LogP contribution in [0.15, 0.2) is 35.1 Å². The van der Waals surface area contributed by atoms with Crippen LogP contribution in [-0.2, 0) is 6.54 Å². The maximum atomic E-state index is 11.9. The minimum absolute atomic E-state index is 0.0693. The molecule has 1 aromatic carbocycles. The molecule has 0 spiro atoms. The van der Waals surface area contributed by atoms with Gasteiger partial charge in [0.1, 0.15) is 0 Å². The van der Waals surface area contributed by atoms with Crippen LogP contribution < -0.4 is 15.0 Å². The largest absolute Gasteiger partial charge is 0.454 e. The average Bonchev–Trinajstić information content (AvgIpc) is 2.93. The summed E-state index contributed by atoms with van der Waals surface area (Å²) in [5.74, 6) is 1.99. The molecule has 5 heteroatoms. The van der Waals surface area contributed by atoms with Gasteiger partial charge in [0.15, 0.2) is 11.5 Å². The lowest BCUT2D eigenvalue weighted by Gasteiger charge is -2.09. The summed E-state index contributed by atoms with van der Waals surface area (Å²) >= 11 is 0. The van der Waals surface area contributed by atoms with Crippen molar-refractivity contribution in [1.82, 2.24) is 9.78 Å². The van der Waals surface area contributed by atoms with Crippen LogP contribution in [-0.4, -0.2) is 16.6 Å². The van der Waals surface area contributed by atoms with E-state index in [0.29, 0.717) is 18.2 Å². The van der Waals surface area contributed by atoms with E-state index in [1.54, 1.807) is 12.1 Å². The molecule has 2 heterocycles. The Hall–Kier alpha value is -2.30. The Morgan fingerprint density at radius 1 is 1.19 bits per heavy atom. The third-order valence-electron chi connectivity index (χ3n) is 3.45. The lowest BCUT2D eigenvalue weighted by Crippen LogP contribution is -2.23. The van der Waals surface area contributed by atoms with Gasteiger partial charge in [-0.15, -0.1) is 0 Å². The molecule has 0 amide bonds. The Bertz CT molecular complexity index is 707. The highest BCUT2D eigenvalue weighted by molar-refractivity contribution is 5.63. The van der Waals surface area contributed by atoms with Gasteiger partial charge >= 0.3 is 0 Å². The van der Waals surface area contributed by atoms with Crippen LogP contribution >= 0.6 is 0 Å². The van der Waals surface area contributed by atoms with Gasteiger partial charge in [-0.1, -0.05) is 13.8 Å². The molecule has 3 rings (SSSR count). The zero-order valence-corrected chi connectivity index (χ0v) is 12.2. The fourth-order valence-electron chi connectivity index (χ4n) is 2.20. The van der Waals surface area contributed by atoms with Crippen molar-refractivity contribution >= 4 is 0 Å². The summed E-state index contributed by atoms with van der Waals surface area (Å²) in [5, 5.41) is 4.45. The van der Waals surface area contributed by atoms with Crippen LogP contribution in [0.4, 0.5) is 0 Å². The number of fused-ring (bicyclic) bond motifs is 1. The maximum Gasteiger partial charge on any atom is 0.266 e. The van der Waals surface area contributed by atoms with E-state index in [-0.39, 0.29) is 12.4 Å². The summed E-state index contributed by atoms with van der Waals surface area (Å²) < 4.78 is 12.2. The second kappa shape index (κ2) is 5.60. The van der Waals surface area contributed by atoms with E-state index in [1.807, 2.05) is 18.2 Å². The molecule has 0 atom stereocenters. The second-order valence-electron chi connectivity index (χ2n) is 5.53. The molecule has 5 nitrogen and oxygen atoms in total. The highest BCUT2D eigenvalue weighted by atomic mass is 16.7. The predicted molar refractivity (Wildman–Crippen MR) is 79.5 cm³/mol. The molecule has 0 unspecified atom stereocenters. The number of rotatable bonds is 4. The third-order valence-corrected chi connectivity index (χ3v) is 3.45. The van der Waals surface area contributed by atoms with Crippen LogP contribution in [0.25, 0.3) is 11.3 Å². The molecular weight excluding hydrogens is 268 g/mol. The van der Waals surface area contributed by atoms with Gasteiger partial charge in [-0.05, 0) is 36.6 Å². The maximum absolute atomic E-state index is 11.9. The molecule has 21 heavy (non-hydrogen) atoms. The Balaban J connectivity index is 1.92. The average molecular weight is 286 g/mol. The molecule has 0 bridgehead atoms. The Morgan fingerprint density at radius 3 is 2.81 bits per heavy atom. The molecule has 0 saturated carbocycles. The summed E-state index contributed by atoms with van der Waals surface area (Å²) in [5.41, 5.74) is 1.61. The zero-order valence-electron chi connectivity index (χ0n) is 12.2. The quantitative estimate of drug-likeness (QED) is 0.867. The van der Waals surface area contributed by atoms with Gasteiger partial charge in [0.05, 0.1) is 5.69 Å². The van der Waals surface area contributed by atoms with Crippen LogP contribution in [0, 0.1) is 5.92 Å². The first-order chi connectivity index (χ1) is 10.1. The van der Waals surface area contributed by atoms with Crippen LogP contribution in [0.2, 0.25) is 0 Å². The molecular formula is C16H18N2O3. The van der Waals surface area contributed by atoms with Gasteiger partial charge in [-0.25, -0.2) is 4.68 Å². The molecule has 0 aliphatic carbocycles. The number of aryl methyl sites for hydroxylation is 1. The monoisotopic (exact) mass is 286 g/mol. The van der Waals surface area contributed by atoms with Crippen molar-refractivity contribution in [2.24, 2.45) is 5.92 Å². The second-order valence-corrected chi connectivity index (χ2v) is 5.53. The zero-order chi connectivity index (χ0) is 14.8. The van der Waals surface area contributed by atoms with Crippen molar-refractivity contribution in [1.29, 1.82) is 0 Å². The van der Waals surface area contributed by atoms with E-state index >= 15 is 0 Å². The number of nitrogens with zero attached hydrogens (tertiary/aromatic N) is 2. The van der Waals surface area contributed by atoms with E-state index in [9.17, 15) is 4.79 Å². The summed E-state index contributed by atoms with van der Waals surface area (Å²) in [7, 11) is 0. The molecule has 1 aromatic heterocycles. The Labute approximate surface area is 123 Å². The van der Waals surface area contributed by atoms with E-state index in [1.165, 1.54) is 4.68 Å². The Kier molecular flexibility index (Phi) is 3.64. The number of hydrogen-bond acceptors (Lipinski definition) is 4. The predicted octanol–water partition coefficient (Wildman–Crippen LogP) is 2.69. The first-order valence-corrected chi connectivity index (χ1v) is 7.11. The molecule has 110 valence electrons. The molecule has 0 saturated heterocycles. The van der Waals surface area contributed by atoms with Crippen molar-refractivity contribution in [3.63, 3.8) is 0 Å². The van der Waals surface area contributed by atoms with Gasteiger partial charge in [0.25, 0.3) is 5.56 Å². The highest BCUT2D eigenvalue weighted by Crippen LogP contribution is 2.35. The van der Waals surface area contributed by atoms with Crippen molar-refractivity contribution in [2.45, 2.75) is 26.8 Å². The van der Waals surface area contributed by atoms with E-state index in [4.69, 9.17) is 9.47 Å². The number of ether oxygens (including phenoxy) is 2. The molecule has 0 N–H and O–H groups in total. The summed E-state index contributed by atoms with van der Waals surface area (Å²) in [6, 6.07) is 8.98. The number of hydrogen-bond donors (Lipinski definition) is 0. The van der Waals surface area contributed by atoms with Crippen LogP contribution in [0.1, 0.15) is 20.3 Å². The molecule has 0 fully saturated rings. The molecule has 2 aromatic rings. The van der Waals surface area contributed by atoms with E-state index in [0.717, 1.165) is 23.4 Å². The first-order valence-electron chi connectivity index (χ1n) is 7.11. The Morgan fingerprint density at radius 2 is 2.00 bits per heavy atom. The highest BCUT2D eigenvalue weighted by Gasteiger charge is 2.14. The number of benzene rings is 1. The van der Waals surface area contributed by atoms with E-state index in [2.05, 4.69) is 18.9 Å². The van der Waals surface area contributed by atoms with Crippen LogP contribution in [0.3, 0.4) is 0 Å². The summed E-state index contributed by atoms with van der Waals surface area (Å²) in [6.45, 7) is 5.15. The fourth-order valence-corrected chi connectivity index (χ4v) is 2.20. The standard InChI is InChI=1S/C16H18N2O3/c1-11(2)7-8-18-16(19)6-4-13(17-18)12-3-5-14-15(9-12)21-10-20-14/h3-6,9,11H,7-8,10H2,1-2H3. The fraction of sp³-hybridized carbons (Fsp3) is 0.375. The van der Waals surface area contributed by atoms with E-state index < -0.39 is 0 Å². The first kappa shape index (κ1) is 13.7. The van der Waals surface area contributed by atoms with Crippen molar-refractivity contribution < 1.29 is 9.47 Å². The van der Waals surface area contributed by atoms with Crippen LogP contribution in [0.5, 0.6) is 11.5 Å². The molecule has 1 aliphatic heterocycles. The van der Waals surface area contributed by atoms with Crippen molar-refractivity contribution in [2.75, 3.05) is 6.79 Å². The minimum Gasteiger partial charge on any atom is -0.454 e. The smallest absolute Gasteiger partial charge is 0.266 e. The minimum atomic E-state index is -0.0693. The van der Waals surface area contributed by atoms with Gasteiger partial charge < -0.3 is 9.47 Å². The third kappa shape index (κ3) is 2.91. The lowest BCUT2D eigenvalue weighted by atomic mass is 10.1. The van der Waals surface area contributed by atoms with Crippen molar-refractivity contribution in [3.8, 4) is 22.8 Å². The lowest BCUT2D eigenvalue weighted by molar-refractivity contribution is 0.174.